The molecule has 19 heteroatoms. The summed E-state index contributed by atoms with van der Waals surface area (Å²) >= 11 is 6.41. The first-order valence-corrected chi connectivity index (χ1v) is 17.3. The highest BCUT2D eigenvalue weighted by Gasteiger charge is 2.45. The quantitative estimate of drug-likeness (QED) is 0.0823. The summed E-state index contributed by atoms with van der Waals surface area (Å²) in [6.07, 6.45) is -0.325. The van der Waals surface area contributed by atoms with E-state index >= 15 is 0 Å². The van der Waals surface area contributed by atoms with Crippen molar-refractivity contribution in [3.63, 3.8) is 0 Å². The van der Waals surface area contributed by atoms with Crippen molar-refractivity contribution in [3.8, 4) is 6.07 Å². The molecule has 1 aliphatic heterocycles. The van der Waals surface area contributed by atoms with Gasteiger partial charge in [0, 0.05) is 31.8 Å². The molecule has 3 N–H and O–H groups in total. The summed E-state index contributed by atoms with van der Waals surface area (Å²) < 4.78 is 56.0. The van der Waals surface area contributed by atoms with Crippen LogP contribution >= 0.6 is 19.2 Å². The number of carbonyl (C=O) groups excluding carboxylic acids is 2. The van der Waals surface area contributed by atoms with Gasteiger partial charge in [0.2, 0.25) is 13.6 Å². The van der Waals surface area contributed by atoms with Crippen molar-refractivity contribution in [3.05, 3.63) is 23.0 Å². The van der Waals surface area contributed by atoms with Gasteiger partial charge >= 0.3 is 19.5 Å². The first-order valence-electron chi connectivity index (χ1n) is 15.2. The summed E-state index contributed by atoms with van der Waals surface area (Å²) in [5.74, 6) is -1.37. The lowest BCUT2D eigenvalue weighted by Crippen LogP contribution is -2.34. The van der Waals surface area contributed by atoms with Crippen LogP contribution in [-0.2, 0) is 51.6 Å². The van der Waals surface area contributed by atoms with Gasteiger partial charge in [-0.2, -0.15) is 5.26 Å². The molecule has 0 aromatic carbocycles. The zero-order valence-electron chi connectivity index (χ0n) is 26.6. The van der Waals surface area contributed by atoms with E-state index in [0.717, 1.165) is 25.7 Å². The molecule has 0 unspecified atom stereocenters. The van der Waals surface area contributed by atoms with Crippen LogP contribution in [0.5, 0.6) is 0 Å². The molecule has 0 bridgehead atoms. The number of nitrogens with zero attached hydrogens (tertiary/aromatic N) is 3. The molecule has 17 nitrogen and oxygen atoms in total. The minimum atomic E-state index is -4.21. The molecular formula is C29H40ClN4O13P. The fourth-order valence-electron chi connectivity index (χ4n) is 5.22. The van der Waals surface area contributed by atoms with Gasteiger partial charge in [-0.15, -0.1) is 0 Å². The lowest BCUT2D eigenvalue weighted by molar-refractivity contribution is -0.153. The number of esters is 2. The molecule has 0 spiro atoms. The Morgan fingerprint density at radius 1 is 1.10 bits per heavy atom. The Morgan fingerprint density at radius 3 is 2.31 bits per heavy atom. The summed E-state index contributed by atoms with van der Waals surface area (Å²) in [6.45, 7) is -1.69. The van der Waals surface area contributed by atoms with Crippen molar-refractivity contribution < 1.29 is 61.8 Å². The topological polar surface area (TPSA) is 219 Å². The Morgan fingerprint density at radius 2 is 1.73 bits per heavy atom. The third-order valence-corrected chi connectivity index (χ3v) is 9.50. The van der Waals surface area contributed by atoms with Crippen molar-refractivity contribution in [1.29, 1.82) is 5.26 Å². The molecule has 0 radical (unpaired) electrons. The van der Waals surface area contributed by atoms with Crippen LogP contribution < -0.4 is 5.32 Å². The van der Waals surface area contributed by atoms with Crippen LogP contribution in [0.15, 0.2) is 12.3 Å². The number of nitriles is 1. The van der Waals surface area contributed by atoms with Crippen LogP contribution in [0.3, 0.4) is 0 Å². The maximum absolute atomic E-state index is 13.4. The molecule has 48 heavy (non-hydrogen) atoms. The number of nitrogens with one attached hydrogen (secondary N) is 1. The number of methoxy groups -OCH3 is 2. The molecule has 1 saturated carbocycles. The minimum absolute atomic E-state index is 0.0251. The SMILES string of the molecule is COCCC(=O)OCOP(=O)(COC[C@H]1O[C@@H](n2ccc3c(NC4CCCC4)c(C#N)c(Cl)nc32)[C@H](O)[C@@H]1O)OCOC(=O)CCOC. The number of fused-ring (bicyclic) bond motifs is 1. The second kappa shape index (κ2) is 18.2. The fourth-order valence-corrected chi connectivity index (χ4v) is 6.42. The Hall–Kier alpha value is -2.88. The van der Waals surface area contributed by atoms with Gasteiger partial charge in [0.15, 0.2) is 11.4 Å². The van der Waals surface area contributed by atoms with Crippen LogP contribution in [-0.4, -0.2) is 110 Å². The molecule has 2 aromatic rings. The average molecular weight is 719 g/mol. The predicted molar refractivity (Wildman–Crippen MR) is 167 cm³/mol. The van der Waals surface area contributed by atoms with Gasteiger partial charge in [-0.3, -0.25) is 23.2 Å². The van der Waals surface area contributed by atoms with Crippen molar-refractivity contribution in [2.45, 2.75) is 69.1 Å². The number of halogens is 1. The molecule has 2 aromatic heterocycles. The Balaban J connectivity index is 1.41. The van der Waals surface area contributed by atoms with Gasteiger partial charge in [0.05, 0.1) is 38.3 Å². The lowest BCUT2D eigenvalue weighted by atomic mass is 10.1. The number of aliphatic hydroxyl groups is 2. The number of hydrogen-bond donors (Lipinski definition) is 3. The number of ether oxygens (including phenoxy) is 6. The fraction of sp³-hybridized carbons (Fsp3) is 0.655. The summed E-state index contributed by atoms with van der Waals surface area (Å²) in [5, 5.41) is 35.5. The van der Waals surface area contributed by atoms with Crippen LogP contribution in [0.4, 0.5) is 5.69 Å². The highest BCUT2D eigenvalue weighted by molar-refractivity contribution is 7.53. The van der Waals surface area contributed by atoms with E-state index < -0.39 is 64.0 Å². The highest BCUT2D eigenvalue weighted by Crippen LogP contribution is 2.48. The van der Waals surface area contributed by atoms with Crippen LogP contribution in [0.2, 0.25) is 5.15 Å². The normalized spacial score (nSPS) is 21.4. The zero-order chi connectivity index (χ0) is 34.7. The smallest absolute Gasteiger partial charge is 0.361 e. The monoisotopic (exact) mass is 718 g/mol. The largest absolute Gasteiger partial charge is 0.438 e. The zero-order valence-corrected chi connectivity index (χ0v) is 28.2. The van der Waals surface area contributed by atoms with Gasteiger partial charge in [-0.05, 0) is 18.9 Å². The molecule has 0 amide bonds. The Kier molecular flexibility index (Phi) is 14.4. The molecule has 1 aliphatic carbocycles. The molecule has 3 heterocycles. The van der Waals surface area contributed by atoms with E-state index in [-0.39, 0.29) is 49.4 Å². The standard InChI is InChI=1S/C29H40ClN4O13P/c1-40-11-8-22(35)43-15-45-48(39,46-16-44-23(36)9-12-41-2)17-42-14-21-25(37)26(38)29(47-21)34-10-7-19-24(32-18-5-3-4-6-18)20(13-31)27(30)33-28(19)34/h7,10,18,21,25-26,29,37-38H,3-6,8-9,11-12,14-17H2,1-2H3,(H,32,33)/t21-,25-,26-,29-/m1/s1. The van der Waals surface area contributed by atoms with E-state index in [9.17, 15) is 29.6 Å². The van der Waals surface area contributed by atoms with Gasteiger partial charge in [-0.25, -0.2) is 4.98 Å². The number of carbonyl (C=O) groups is 2. The number of aromatic nitrogens is 2. The third kappa shape index (κ3) is 9.85. The highest BCUT2D eigenvalue weighted by atomic mass is 35.5. The minimum Gasteiger partial charge on any atom is -0.438 e. The van der Waals surface area contributed by atoms with Crippen LogP contribution in [0, 0.1) is 11.3 Å². The average Bonchev–Trinajstić information content (AvgIpc) is 3.79. The third-order valence-electron chi connectivity index (χ3n) is 7.73. The summed E-state index contributed by atoms with van der Waals surface area (Å²) in [7, 11) is -1.39. The van der Waals surface area contributed by atoms with E-state index in [4.69, 9.17) is 49.1 Å². The number of rotatable bonds is 19. The van der Waals surface area contributed by atoms with Gasteiger partial charge in [0.25, 0.3) is 0 Å². The van der Waals surface area contributed by atoms with E-state index in [0.29, 0.717) is 16.7 Å². The molecule has 266 valence electrons. The second-order valence-electron chi connectivity index (χ2n) is 11.0. The maximum atomic E-state index is 13.4. The number of aliphatic hydroxyl groups excluding tert-OH is 2. The van der Waals surface area contributed by atoms with E-state index in [1.165, 1.54) is 18.8 Å². The number of pyridine rings is 1. The van der Waals surface area contributed by atoms with Gasteiger partial charge in [-0.1, -0.05) is 24.4 Å². The van der Waals surface area contributed by atoms with Crippen molar-refractivity contribution in [2.24, 2.45) is 0 Å². The predicted octanol–water partition coefficient (Wildman–Crippen LogP) is 2.81. The first kappa shape index (κ1) is 37.9. The molecule has 4 atom stereocenters. The van der Waals surface area contributed by atoms with Crippen LogP contribution in [0.1, 0.15) is 50.3 Å². The number of hydrogen-bond acceptors (Lipinski definition) is 16. The molecular weight excluding hydrogens is 679 g/mol. The summed E-state index contributed by atoms with van der Waals surface area (Å²) in [4.78, 5) is 27.9. The molecule has 4 rings (SSSR count). The van der Waals surface area contributed by atoms with Gasteiger partial charge in [0.1, 0.15) is 41.9 Å². The molecule has 2 aliphatic rings. The van der Waals surface area contributed by atoms with E-state index in [2.05, 4.69) is 16.4 Å². The van der Waals surface area contributed by atoms with Gasteiger partial charge < -0.3 is 48.5 Å². The second-order valence-corrected chi connectivity index (χ2v) is 13.4. The maximum Gasteiger partial charge on any atom is 0.361 e. The van der Waals surface area contributed by atoms with E-state index in [1.54, 1.807) is 12.3 Å². The lowest BCUT2D eigenvalue weighted by Gasteiger charge is -2.20. The van der Waals surface area contributed by atoms with Crippen molar-refractivity contribution in [2.75, 3.05) is 59.3 Å². The Bertz CT molecular complexity index is 1450. The molecule has 1 saturated heterocycles. The molecule has 2 fully saturated rings. The van der Waals surface area contributed by atoms with Crippen molar-refractivity contribution >= 4 is 47.9 Å². The van der Waals surface area contributed by atoms with Crippen LogP contribution in [0.25, 0.3) is 11.0 Å². The van der Waals surface area contributed by atoms with Crippen molar-refractivity contribution in [1.82, 2.24) is 9.55 Å². The van der Waals surface area contributed by atoms with E-state index in [1.807, 2.05) is 0 Å². The first-order chi connectivity index (χ1) is 23.1. The summed E-state index contributed by atoms with van der Waals surface area (Å²) in [6, 6.07) is 4.01. The summed E-state index contributed by atoms with van der Waals surface area (Å²) in [5.41, 5.74) is 1.07. The Labute approximate surface area is 281 Å². The number of anilines is 1.